The first kappa shape index (κ1) is 9.94. The molecule has 0 N–H and O–H groups in total. The Hall–Kier alpha value is -0.0400. The Morgan fingerprint density at radius 2 is 1.81 bits per heavy atom. The molecular weight excluding hydrogens is 196 g/mol. The Labute approximate surface area is 98.9 Å². The molecule has 2 unspecified atom stereocenters. The number of fused-ring (bicyclic) bond motifs is 4. The molecular formula is C15H24O. The summed E-state index contributed by atoms with van der Waals surface area (Å²) >= 11 is 0. The second-order valence-corrected chi connectivity index (χ2v) is 7.58. The van der Waals surface area contributed by atoms with Crippen molar-refractivity contribution < 1.29 is 4.74 Å². The summed E-state index contributed by atoms with van der Waals surface area (Å²) in [5, 5.41) is 0. The first-order valence-electron chi connectivity index (χ1n) is 7.20. The molecule has 0 aromatic heterocycles. The molecule has 0 aromatic carbocycles. The van der Waals surface area contributed by atoms with Gasteiger partial charge in [0.25, 0.3) is 0 Å². The quantitative estimate of drug-likeness (QED) is 0.569. The maximum atomic E-state index is 5.92. The maximum absolute atomic E-state index is 5.92. The van der Waals surface area contributed by atoms with Crippen LogP contribution >= 0.6 is 0 Å². The third-order valence-corrected chi connectivity index (χ3v) is 6.68. The molecule has 6 atom stereocenters. The molecule has 1 heteroatoms. The van der Waals surface area contributed by atoms with E-state index >= 15 is 0 Å². The molecule has 1 heterocycles. The van der Waals surface area contributed by atoms with E-state index in [4.69, 9.17) is 4.74 Å². The van der Waals surface area contributed by atoms with Crippen molar-refractivity contribution >= 4 is 0 Å². The molecule has 4 fully saturated rings. The van der Waals surface area contributed by atoms with Crippen molar-refractivity contribution in [3.63, 3.8) is 0 Å². The minimum Gasteiger partial charge on any atom is -0.369 e. The van der Waals surface area contributed by atoms with Gasteiger partial charge in [-0.15, -0.1) is 0 Å². The molecule has 0 radical (unpaired) electrons. The van der Waals surface area contributed by atoms with Gasteiger partial charge in [0.1, 0.15) is 0 Å². The Balaban J connectivity index is 1.71. The molecule has 0 aromatic rings. The van der Waals surface area contributed by atoms with Crippen LogP contribution in [0.1, 0.15) is 46.5 Å². The molecule has 1 aliphatic heterocycles. The van der Waals surface area contributed by atoms with E-state index < -0.39 is 0 Å². The molecule has 0 bridgehead atoms. The molecule has 1 nitrogen and oxygen atoms in total. The lowest BCUT2D eigenvalue weighted by Crippen LogP contribution is -2.30. The zero-order valence-corrected chi connectivity index (χ0v) is 10.8. The van der Waals surface area contributed by atoms with Crippen LogP contribution in [0.4, 0.5) is 0 Å². The number of hydrogen-bond acceptors (Lipinski definition) is 1. The van der Waals surface area contributed by atoms with E-state index in [9.17, 15) is 0 Å². The smallest absolute Gasteiger partial charge is 0.0947 e. The molecule has 3 saturated carbocycles. The van der Waals surface area contributed by atoms with Crippen molar-refractivity contribution in [3.8, 4) is 0 Å². The second kappa shape index (κ2) is 2.68. The lowest BCUT2D eigenvalue weighted by Gasteiger charge is -2.28. The third kappa shape index (κ3) is 1.02. The van der Waals surface area contributed by atoms with Crippen LogP contribution in [0.3, 0.4) is 0 Å². The van der Waals surface area contributed by atoms with Gasteiger partial charge in [0.15, 0.2) is 0 Å². The van der Waals surface area contributed by atoms with Gasteiger partial charge in [-0.2, -0.15) is 0 Å². The minimum absolute atomic E-state index is 0.374. The van der Waals surface area contributed by atoms with Crippen LogP contribution in [0.25, 0.3) is 0 Å². The van der Waals surface area contributed by atoms with E-state index in [1.807, 2.05) is 0 Å². The fourth-order valence-electron chi connectivity index (χ4n) is 5.58. The van der Waals surface area contributed by atoms with Crippen molar-refractivity contribution in [2.45, 2.75) is 52.1 Å². The first-order valence-corrected chi connectivity index (χ1v) is 7.20. The first-order chi connectivity index (χ1) is 7.56. The van der Waals surface area contributed by atoms with E-state index in [1.54, 1.807) is 0 Å². The van der Waals surface area contributed by atoms with Crippen molar-refractivity contribution in [2.75, 3.05) is 6.61 Å². The molecule has 1 saturated heterocycles. The monoisotopic (exact) mass is 220 g/mol. The number of epoxide rings is 1. The summed E-state index contributed by atoms with van der Waals surface area (Å²) in [5.74, 6) is 4.91. The summed E-state index contributed by atoms with van der Waals surface area (Å²) in [6.45, 7) is 8.60. The van der Waals surface area contributed by atoms with Crippen LogP contribution in [-0.2, 0) is 4.74 Å². The van der Waals surface area contributed by atoms with Gasteiger partial charge in [0.2, 0.25) is 0 Å². The molecule has 90 valence electrons. The summed E-state index contributed by atoms with van der Waals surface area (Å²) in [6.07, 6.45) is 5.72. The predicted molar refractivity (Wildman–Crippen MR) is 64.1 cm³/mol. The van der Waals surface area contributed by atoms with Gasteiger partial charge in [0.05, 0.1) is 12.2 Å². The summed E-state index contributed by atoms with van der Waals surface area (Å²) in [6, 6.07) is 0. The lowest BCUT2D eigenvalue weighted by molar-refractivity contribution is 0.141. The topological polar surface area (TPSA) is 12.5 Å². The van der Waals surface area contributed by atoms with Crippen LogP contribution < -0.4 is 0 Å². The summed E-state index contributed by atoms with van der Waals surface area (Å²) in [4.78, 5) is 0. The van der Waals surface area contributed by atoms with Crippen molar-refractivity contribution in [1.82, 2.24) is 0 Å². The molecule has 4 rings (SSSR count). The predicted octanol–water partition coefficient (Wildman–Crippen LogP) is 3.48. The van der Waals surface area contributed by atoms with Gasteiger partial charge < -0.3 is 4.74 Å². The largest absolute Gasteiger partial charge is 0.369 e. The summed E-state index contributed by atoms with van der Waals surface area (Å²) in [5.41, 5.74) is 1.02. The standard InChI is InChI=1S/C15H24O/c1-9-4-5-10-12(9)13-11(14(13,2)3)6-7-15(10)8-16-15/h9-13H,4-8H2,1-3H3/t9?,10-,11+,12-,13+,15?/m1/s1. The normalized spacial score (nSPS) is 61.3. The third-order valence-electron chi connectivity index (χ3n) is 6.68. The fraction of sp³-hybridized carbons (Fsp3) is 1.00. The Morgan fingerprint density at radius 3 is 2.50 bits per heavy atom. The van der Waals surface area contributed by atoms with Gasteiger partial charge in [0, 0.05) is 0 Å². The van der Waals surface area contributed by atoms with E-state index in [1.165, 1.54) is 25.7 Å². The highest BCUT2D eigenvalue weighted by molar-refractivity contribution is 5.18. The molecule has 0 amide bonds. The maximum Gasteiger partial charge on any atom is 0.0947 e. The minimum atomic E-state index is 0.374. The number of ether oxygens (including phenoxy) is 1. The summed E-state index contributed by atoms with van der Waals surface area (Å²) in [7, 11) is 0. The number of hydrogen-bond donors (Lipinski definition) is 0. The average Bonchev–Trinajstić information content (AvgIpc) is 3.07. The van der Waals surface area contributed by atoms with Crippen molar-refractivity contribution in [1.29, 1.82) is 0 Å². The SMILES string of the molecule is CC1CC[C@@H]2[C@@H]1[C@@H]1[C@H](CCC23CO3)C1(C)C. The molecule has 1 spiro atoms. The molecule has 16 heavy (non-hydrogen) atoms. The number of rotatable bonds is 0. The van der Waals surface area contributed by atoms with Crippen LogP contribution in [0.2, 0.25) is 0 Å². The molecule has 4 aliphatic rings. The van der Waals surface area contributed by atoms with Gasteiger partial charge in [-0.05, 0) is 54.3 Å². The van der Waals surface area contributed by atoms with Gasteiger partial charge in [-0.3, -0.25) is 0 Å². The zero-order chi connectivity index (χ0) is 11.1. The van der Waals surface area contributed by atoms with Gasteiger partial charge in [-0.1, -0.05) is 27.2 Å². The van der Waals surface area contributed by atoms with Crippen LogP contribution in [0.5, 0.6) is 0 Å². The second-order valence-electron chi connectivity index (χ2n) is 7.58. The van der Waals surface area contributed by atoms with Crippen LogP contribution in [-0.4, -0.2) is 12.2 Å². The Bertz CT molecular complexity index is 328. The van der Waals surface area contributed by atoms with E-state index in [2.05, 4.69) is 20.8 Å². The Morgan fingerprint density at radius 1 is 1.06 bits per heavy atom. The van der Waals surface area contributed by atoms with E-state index in [-0.39, 0.29) is 0 Å². The highest BCUT2D eigenvalue weighted by atomic mass is 16.6. The highest BCUT2D eigenvalue weighted by Crippen LogP contribution is 2.72. The van der Waals surface area contributed by atoms with Crippen LogP contribution in [0.15, 0.2) is 0 Å². The zero-order valence-electron chi connectivity index (χ0n) is 10.8. The van der Waals surface area contributed by atoms with Gasteiger partial charge in [-0.25, -0.2) is 0 Å². The highest BCUT2D eigenvalue weighted by Gasteiger charge is 2.70. The van der Waals surface area contributed by atoms with Gasteiger partial charge >= 0.3 is 0 Å². The lowest BCUT2D eigenvalue weighted by atomic mass is 9.76. The van der Waals surface area contributed by atoms with Crippen molar-refractivity contribution in [2.24, 2.45) is 35.0 Å². The van der Waals surface area contributed by atoms with E-state index in [0.29, 0.717) is 11.0 Å². The summed E-state index contributed by atoms with van der Waals surface area (Å²) < 4.78 is 5.92. The van der Waals surface area contributed by atoms with E-state index in [0.717, 1.165) is 36.2 Å². The average molecular weight is 220 g/mol. The fourth-order valence-corrected chi connectivity index (χ4v) is 5.58. The van der Waals surface area contributed by atoms with Crippen molar-refractivity contribution in [3.05, 3.63) is 0 Å². The van der Waals surface area contributed by atoms with Crippen LogP contribution in [0, 0.1) is 35.0 Å². The Kier molecular flexibility index (Phi) is 1.67. The molecule has 3 aliphatic carbocycles.